The van der Waals surface area contributed by atoms with Gasteiger partial charge in [0.05, 0.1) is 17.8 Å². The highest BCUT2D eigenvalue weighted by Gasteiger charge is 2.27. The molecule has 0 unspecified atom stereocenters. The van der Waals surface area contributed by atoms with Gasteiger partial charge in [0.1, 0.15) is 5.75 Å². The Bertz CT molecular complexity index is 858. The maximum absolute atomic E-state index is 13.0. The summed E-state index contributed by atoms with van der Waals surface area (Å²) in [6.07, 6.45) is 0. The Labute approximate surface area is 134 Å². The minimum atomic E-state index is -0.0468. The van der Waals surface area contributed by atoms with Crippen molar-refractivity contribution in [1.29, 1.82) is 0 Å². The Morgan fingerprint density at radius 3 is 2.22 bits per heavy atom. The van der Waals surface area contributed by atoms with Crippen molar-refractivity contribution in [2.45, 2.75) is 6.54 Å². The second-order valence-electron chi connectivity index (χ2n) is 5.44. The third-order valence-electron chi connectivity index (χ3n) is 3.92. The summed E-state index contributed by atoms with van der Waals surface area (Å²) in [5.74, 6) is 1.25. The van der Waals surface area contributed by atoms with Gasteiger partial charge in [-0.15, -0.1) is 0 Å². The minimum absolute atomic E-state index is 0.0468. The SMILES string of the molecule is O=C1c2ccccc2Oc2ccccc2N1Cc1ccccc1. The summed E-state index contributed by atoms with van der Waals surface area (Å²) in [4.78, 5) is 14.8. The van der Waals surface area contributed by atoms with Gasteiger partial charge in [0.25, 0.3) is 5.91 Å². The van der Waals surface area contributed by atoms with E-state index in [2.05, 4.69) is 0 Å². The molecule has 1 amide bonds. The Hall–Kier alpha value is -3.07. The standard InChI is InChI=1S/C20H15NO2/c22-20-16-10-4-6-12-18(16)23-19-13-7-5-11-17(19)21(20)14-15-8-2-1-3-9-15/h1-13H,14H2. The van der Waals surface area contributed by atoms with E-state index in [0.717, 1.165) is 11.3 Å². The monoisotopic (exact) mass is 301 g/mol. The van der Waals surface area contributed by atoms with Crippen molar-refractivity contribution in [3.63, 3.8) is 0 Å². The van der Waals surface area contributed by atoms with E-state index in [-0.39, 0.29) is 5.91 Å². The van der Waals surface area contributed by atoms with Gasteiger partial charge in [0, 0.05) is 0 Å². The number of ether oxygens (including phenoxy) is 1. The number of rotatable bonds is 2. The highest BCUT2D eigenvalue weighted by atomic mass is 16.5. The smallest absolute Gasteiger partial charge is 0.262 e. The molecule has 0 saturated carbocycles. The molecule has 112 valence electrons. The van der Waals surface area contributed by atoms with Crippen LogP contribution in [0.1, 0.15) is 15.9 Å². The predicted molar refractivity (Wildman–Crippen MR) is 89.9 cm³/mol. The van der Waals surface area contributed by atoms with Gasteiger partial charge in [-0.1, -0.05) is 54.6 Å². The zero-order valence-corrected chi connectivity index (χ0v) is 12.5. The van der Waals surface area contributed by atoms with Crippen molar-refractivity contribution in [1.82, 2.24) is 0 Å². The summed E-state index contributed by atoms with van der Waals surface area (Å²) in [5, 5.41) is 0. The Balaban J connectivity index is 1.84. The van der Waals surface area contributed by atoms with Gasteiger partial charge >= 0.3 is 0 Å². The van der Waals surface area contributed by atoms with Crippen LogP contribution in [-0.2, 0) is 6.54 Å². The molecular formula is C20H15NO2. The van der Waals surface area contributed by atoms with Crippen LogP contribution in [0.25, 0.3) is 0 Å². The summed E-state index contributed by atoms with van der Waals surface area (Å²) in [6, 6.07) is 25.0. The lowest BCUT2D eigenvalue weighted by molar-refractivity contribution is 0.0985. The lowest BCUT2D eigenvalue weighted by Crippen LogP contribution is -2.29. The van der Waals surface area contributed by atoms with Crippen LogP contribution in [-0.4, -0.2) is 5.91 Å². The van der Waals surface area contributed by atoms with Crippen LogP contribution in [0, 0.1) is 0 Å². The molecule has 3 nitrogen and oxygen atoms in total. The number of para-hydroxylation sites is 3. The maximum Gasteiger partial charge on any atom is 0.262 e. The van der Waals surface area contributed by atoms with Crippen LogP contribution in [0.2, 0.25) is 0 Å². The van der Waals surface area contributed by atoms with Gasteiger partial charge in [-0.3, -0.25) is 4.79 Å². The van der Waals surface area contributed by atoms with Crippen molar-refractivity contribution < 1.29 is 9.53 Å². The first-order valence-corrected chi connectivity index (χ1v) is 7.54. The van der Waals surface area contributed by atoms with Crippen LogP contribution in [0.15, 0.2) is 78.9 Å². The Morgan fingerprint density at radius 1 is 0.739 bits per heavy atom. The molecule has 0 spiro atoms. The fraction of sp³-hybridized carbons (Fsp3) is 0.0500. The number of benzene rings is 3. The first-order chi connectivity index (χ1) is 11.3. The van der Waals surface area contributed by atoms with E-state index in [0.29, 0.717) is 23.6 Å². The average molecular weight is 301 g/mol. The van der Waals surface area contributed by atoms with Gasteiger partial charge in [-0.25, -0.2) is 0 Å². The summed E-state index contributed by atoms with van der Waals surface area (Å²) < 4.78 is 5.98. The quantitative estimate of drug-likeness (QED) is 0.690. The normalized spacial score (nSPS) is 12.9. The van der Waals surface area contributed by atoms with E-state index < -0.39 is 0 Å². The highest BCUT2D eigenvalue weighted by molar-refractivity contribution is 6.09. The number of anilines is 1. The second kappa shape index (κ2) is 5.61. The van der Waals surface area contributed by atoms with Gasteiger partial charge in [0.15, 0.2) is 5.75 Å². The molecule has 0 N–H and O–H groups in total. The molecule has 1 aliphatic heterocycles. The fourth-order valence-electron chi connectivity index (χ4n) is 2.80. The molecule has 23 heavy (non-hydrogen) atoms. The van der Waals surface area contributed by atoms with Gasteiger partial charge < -0.3 is 9.64 Å². The molecule has 0 bridgehead atoms. The van der Waals surface area contributed by atoms with Crippen LogP contribution in [0.4, 0.5) is 5.69 Å². The van der Waals surface area contributed by atoms with Crippen LogP contribution in [0.3, 0.4) is 0 Å². The average Bonchev–Trinajstić information content (AvgIpc) is 2.72. The molecule has 3 aromatic carbocycles. The summed E-state index contributed by atoms with van der Waals surface area (Å²) in [7, 11) is 0. The second-order valence-corrected chi connectivity index (χ2v) is 5.44. The molecule has 0 aromatic heterocycles. The van der Waals surface area contributed by atoms with E-state index in [1.807, 2.05) is 78.9 Å². The zero-order chi connectivity index (χ0) is 15.6. The molecule has 0 fully saturated rings. The van der Waals surface area contributed by atoms with E-state index in [9.17, 15) is 4.79 Å². The lowest BCUT2D eigenvalue weighted by Gasteiger charge is -2.22. The van der Waals surface area contributed by atoms with Gasteiger partial charge in [0.2, 0.25) is 0 Å². The van der Waals surface area contributed by atoms with E-state index in [1.165, 1.54) is 0 Å². The first-order valence-electron chi connectivity index (χ1n) is 7.54. The van der Waals surface area contributed by atoms with Crippen LogP contribution >= 0.6 is 0 Å². The van der Waals surface area contributed by atoms with E-state index >= 15 is 0 Å². The highest BCUT2D eigenvalue weighted by Crippen LogP contribution is 2.39. The number of carbonyl (C=O) groups is 1. The molecule has 0 radical (unpaired) electrons. The Morgan fingerprint density at radius 2 is 1.39 bits per heavy atom. The van der Waals surface area contributed by atoms with Crippen LogP contribution < -0.4 is 9.64 Å². The predicted octanol–water partition coefficient (Wildman–Crippen LogP) is 4.64. The third kappa shape index (κ3) is 2.46. The molecule has 0 saturated heterocycles. The number of amides is 1. The topological polar surface area (TPSA) is 29.5 Å². The number of carbonyl (C=O) groups excluding carboxylic acids is 1. The number of hydrogen-bond acceptors (Lipinski definition) is 2. The number of nitrogens with zero attached hydrogens (tertiary/aromatic N) is 1. The molecule has 3 heteroatoms. The van der Waals surface area contributed by atoms with E-state index in [4.69, 9.17) is 4.74 Å². The number of fused-ring (bicyclic) bond motifs is 2. The zero-order valence-electron chi connectivity index (χ0n) is 12.5. The largest absolute Gasteiger partial charge is 0.454 e. The molecule has 0 atom stereocenters. The number of hydrogen-bond donors (Lipinski definition) is 0. The molecular weight excluding hydrogens is 286 g/mol. The molecule has 0 aliphatic carbocycles. The Kier molecular flexibility index (Phi) is 3.31. The van der Waals surface area contributed by atoms with Crippen molar-refractivity contribution in [2.75, 3.05) is 4.90 Å². The molecule has 4 rings (SSSR count). The minimum Gasteiger partial charge on any atom is -0.454 e. The summed E-state index contributed by atoms with van der Waals surface area (Å²) >= 11 is 0. The summed E-state index contributed by atoms with van der Waals surface area (Å²) in [6.45, 7) is 0.508. The van der Waals surface area contributed by atoms with Crippen molar-refractivity contribution in [2.24, 2.45) is 0 Å². The van der Waals surface area contributed by atoms with Crippen molar-refractivity contribution in [3.8, 4) is 11.5 Å². The molecule has 1 aliphatic rings. The van der Waals surface area contributed by atoms with E-state index in [1.54, 1.807) is 4.90 Å². The molecule has 3 aromatic rings. The van der Waals surface area contributed by atoms with Gasteiger partial charge in [-0.05, 0) is 29.8 Å². The van der Waals surface area contributed by atoms with Gasteiger partial charge in [-0.2, -0.15) is 0 Å². The fourth-order valence-corrected chi connectivity index (χ4v) is 2.80. The van der Waals surface area contributed by atoms with Crippen molar-refractivity contribution in [3.05, 3.63) is 90.0 Å². The maximum atomic E-state index is 13.0. The third-order valence-corrected chi connectivity index (χ3v) is 3.92. The lowest BCUT2D eigenvalue weighted by atomic mass is 10.1. The molecule has 1 heterocycles. The summed E-state index contributed by atoms with van der Waals surface area (Å²) in [5.41, 5.74) is 2.45. The van der Waals surface area contributed by atoms with Crippen molar-refractivity contribution >= 4 is 11.6 Å². The first kappa shape index (κ1) is 13.6. The van der Waals surface area contributed by atoms with Crippen LogP contribution in [0.5, 0.6) is 11.5 Å².